The Bertz CT molecular complexity index is 848. The average Bonchev–Trinajstić information content (AvgIpc) is 2.70. The van der Waals surface area contributed by atoms with Gasteiger partial charge in [0.25, 0.3) is 5.91 Å². The molecular formula is C22H25N3O2. The molecule has 1 atom stereocenters. The number of anilines is 1. The average molecular weight is 363 g/mol. The predicted molar refractivity (Wildman–Crippen MR) is 105 cm³/mol. The molecule has 1 unspecified atom stereocenters. The summed E-state index contributed by atoms with van der Waals surface area (Å²) in [6.07, 6.45) is 3.51. The molecule has 1 aromatic carbocycles. The third kappa shape index (κ3) is 3.34. The Morgan fingerprint density at radius 1 is 1.00 bits per heavy atom. The minimum atomic E-state index is -0.466. The number of para-hydroxylation sites is 1. The summed E-state index contributed by atoms with van der Waals surface area (Å²) in [5, 5.41) is 0. The number of hydrogen-bond acceptors (Lipinski definition) is 3. The van der Waals surface area contributed by atoms with E-state index in [9.17, 15) is 9.59 Å². The largest absolute Gasteiger partial charge is 0.336 e. The van der Waals surface area contributed by atoms with E-state index in [2.05, 4.69) is 4.98 Å². The minimum Gasteiger partial charge on any atom is -0.336 e. The highest BCUT2D eigenvalue weighted by Gasteiger charge is 2.47. The molecule has 5 heteroatoms. The molecule has 2 aliphatic rings. The fourth-order valence-corrected chi connectivity index (χ4v) is 4.43. The number of benzene rings is 1. The van der Waals surface area contributed by atoms with E-state index < -0.39 is 5.41 Å². The third-order valence-electron chi connectivity index (χ3n) is 5.78. The molecule has 2 amide bonds. The number of carbonyl (C=O) groups is 2. The molecule has 0 bridgehead atoms. The van der Waals surface area contributed by atoms with Gasteiger partial charge >= 0.3 is 0 Å². The van der Waals surface area contributed by atoms with Gasteiger partial charge in [0, 0.05) is 31.0 Å². The SMILES string of the molecule is Cc1cccc(C(=O)N2CCCC3(CCCN(c4ccccc4)C3=O)C2)n1. The third-order valence-corrected chi connectivity index (χ3v) is 5.78. The van der Waals surface area contributed by atoms with Crippen molar-refractivity contribution in [1.82, 2.24) is 9.88 Å². The number of amides is 2. The summed E-state index contributed by atoms with van der Waals surface area (Å²) in [5.41, 5.74) is 1.78. The minimum absolute atomic E-state index is 0.0672. The molecule has 3 heterocycles. The van der Waals surface area contributed by atoms with Gasteiger partial charge in [-0.15, -0.1) is 0 Å². The van der Waals surface area contributed by atoms with Crippen LogP contribution in [0.15, 0.2) is 48.5 Å². The van der Waals surface area contributed by atoms with Crippen LogP contribution in [0.1, 0.15) is 41.9 Å². The van der Waals surface area contributed by atoms with Crippen LogP contribution in [-0.2, 0) is 4.79 Å². The molecule has 2 fully saturated rings. The Hall–Kier alpha value is -2.69. The van der Waals surface area contributed by atoms with Crippen LogP contribution in [0.2, 0.25) is 0 Å². The second-order valence-electron chi connectivity index (χ2n) is 7.67. The number of rotatable bonds is 2. The van der Waals surface area contributed by atoms with E-state index in [-0.39, 0.29) is 11.8 Å². The Morgan fingerprint density at radius 3 is 2.48 bits per heavy atom. The van der Waals surface area contributed by atoms with Crippen molar-refractivity contribution in [2.75, 3.05) is 24.5 Å². The van der Waals surface area contributed by atoms with Gasteiger partial charge in [-0.1, -0.05) is 24.3 Å². The number of likely N-dealkylation sites (tertiary alicyclic amines) is 1. The first kappa shape index (κ1) is 17.7. The van der Waals surface area contributed by atoms with Gasteiger partial charge in [0.15, 0.2) is 0 Å². The molecule has 0 N–H and O–H groups in total. The smallest absolute Gasteiger partial charge is 0.272 e. The summed E-state index contributed by atoms with van der Waals surface area (Å²) in [6, 6.07) is 15.4. The molecule has 0 radical (unpaired) electrons. The van der Waals surface area contributed by atoms with Gasteiger partial charge in [-0.25, -0.2) is 4.98 Å². The maximum Gasteiger partial charge on any atom is 0.272 e. The van der Waals surface area contributed by atoms with Crippen LogP contribution in [0.25, 0.3) is 0 Å². The number of aryl methyl sites for hydroxylation is 1. The van der Waals surface area contributed by atoms with Gasteiger partial charge in [0.1, 0.15) is 5.69 Å². The zero-order valence-corrected chi connectivity index (χ0v) is 15.7. The monoisotopic (exact) mass is 363 g/mol. The second-order valence-corrected chi connectivity index (χ2v) is 7.67. The van der Waals surface area contributed by atoms with Crippen LogP contribution >= 0.6 is 0 Å². The van der Waals surface area contributed by atoms with E-state index in [0.29, 0.717) is 18.8 Å². The van der Waals surface area contributed by atoms with Crippen molar-refractivity contribution < 1.29 is 9.59 Å². The van der Waals surface area contributed by atoms with Crippen molar-refractivity contribution >= 4 is 17.5 Å². The number of carbonyl (C=O) groups excluding carboxylic acids is 2. The van der Waals surface area contributed by atoms with E-state index in [1.165, 1.54) is 0 Å². The standard InChI is InChI=1S/C22H25N3O2/c1-17-8-5-11-19(23-17)20(26)24-14-6-12-22(16-24)13-7-15-25(21(22)27)18-9-3-2-4-10-18/h2-5,8-11H,6-7,12-16H2,1H3. The zero-order chi connectivity index (χ0) is 18.9. The maximum absolute atomic E-state index is 13.4. The summed E-state index contributed by atoms with van der Waals surface area (Å²) in [7, 11) is 0. The highest BCUT2D eigenvalue weighted by Crippen LogP contribution is 2.41. The Kier molecular flexibility index (Phi) is 4.68. The lowest BCUT2D eigenvalue weighted by atomic mass is 9.72. The van der Waals surface area contributed by atoms with Gasteiger partial charge in [0.05, 0.1) is 5.41 Å². The van der Waals surface area contributed by atoms with Crippen LogP contribution in [0, 0.1) is 12.3 Å². The van der Waals surface area contributed by atoms with Crippen LogP contribution in [0.4, 0.5) is 5.69 Å². The molecule has 27 heavy (non-hydrogen) atoms. The molecule has 4 rings (SSSR count). The highest BCUT2D eigenvalue weighted by molar-refractivity contribution is 5.99. The van der Waals surface area contributed by atoms with E-state index >= 15 is 0 Å². The fourth-order valence-electron chi connectivity index (χ4n) is 4.43. The lowest BCUT2D eigenvalue weighted by Gasteiger charge is -2.47. The van der Waals surface area contributed by atoms with E-state index in [1.807, 2.05) is 59.2 Å². The van der Waals surface area contributed by atoms with Gasteiger partial charge < -0.3 is 9.80 Å². The van der Waals surface area contributed by atoms with Crippen molar-refractivity contribution in [3.05, 3.63) is 59.9 Å². The quantitative estimate of drug-likeness (QED) is 0.821. The molecule has 140 valence electrons. The first-order valence-electron chi connectivity index (χ1n) is 9.69. The Labute approximate surface area is 160 Å². The van der Waals surface area contributed by atoms with Crippen LogP contribution in [0.3, 0.4) is 0 Å². The van der Waals surface area contributed by atoms with E-state index in [0.717, 1.165) is 43.6 Å². The van der Waals surface area contributed by atoms with E-state index in [1.54, 1.807) is 6.07 Å². The summed E-state index contributed by atoms with van der Waals surface area (Å²) >= 11 is 0. The Balaban J connectivity index is 1.57. The fraction of sp³-hybridized carbons (Fsp3) is 0.409. The van der Waals surface area contributed by atoms with Crippen molar-refractivity contribution in [2.24, 2.45) is 5.41 Å². The lowest BCUT2D eigenvalue weighted by molar-refractivity contribution is -0.133. The molecule has 0 saturated carbocycles. The molecule has 1 spiro atoms. The predicted octanol–water partition coefficient (Wildman–Crippen LogP) is 3.44. The van der Waals surface area contributed by atoms with Gasteiger partial charge in [-0.3, -0.25) is 9.59 Å². The molecular weight excluding hydrogens is 338 g/mol. The number of hydrogen-bond donors (Lipinski definition) is 0. The first-order valence-corrected chi connectivity index (χ1v) is 9.69. The van der Waals surface area contributed by atoms with Crippen molar-refractivity contribution in [2.45, 2.75) is 32.6 Å². The number of piperidine rings is 2. The van der Waals surface area contributed by atoms with E-state index in [4.69, 9.17) is 0 Å². The number of aromatic nitrogens is 1. The van der Waals surface area contributed by atoms with Crippen molar-refractivity contribution in [3.63, 3.8) is 0 Å². The van der Waals surface area contributed by atoms with Gasteiger partial charge in [0.2, 0.25) is 5.91 Å². The normalized spacial score (nSPS) is 22.9. The summed E-state index contributed by atoms with van der Waals surface area (Å²) < 4.78 is 0. The molecule has 1 aromatic heterocycles. The topological polar surface area (TPSA) is 53.5 Å². The summed E-state index contributed by atoms with van der Waals surface area (Å²) in [6.45, 7) is 3.81. The van der Waals surface area contributed by atoms with Crippen LogP contribution in [0.5, 0.6) is 0 Å². The van der Waals surface area contributed by atoms with Crippen molar-refractivity contribution in [3.8, 4) is 0 Å². The van der Waals surface area contributed by atoms with Crippen LogP contribution in [-0.4, -0.2) is 41.3 Å². The molecule has 2 aliphatic heterocycles. The summed E-state index contributed by atoms with van der Waals surface area (Å²) in [5.74, 6) is 0.0945. The number of pyridine rings is 1. The highest BCUT2D eigenvalue weighted by atomic mass is 16.2. The maximum atomic E-state index is 13.4. The lowest BCUT2D eigenvalue weighted by Crippen LogP contribution is -2.57. The molecule has 2 saturated heterocycles. The Morgan fingerprint density at radius 2 is 1.74 bits per heavy atom. The summed E-state index contributed by atoms with van der Waals surface area (Å²) in [4.78, 5) is 34.5. The molecule has 2 aromatic rings. The molecule has 5 nitrogen and oxygen atoms in total. The second kappa shape index (κ2) is 7.14. The van der Waals surface area contributed by atoms with Gasteiger partial charge in [-0.2, -0.15) is 0 Å². The first-order chi connectivity index (χ1) is 13.1. The zero-order valence-electron chi connectivity index (χ0n) is 15.7. The number of nitrogens with zero attached hydrogens (tertiary/aromatic N) is 3. The van der Waals surface area contributed by atoms with Crippen molar-refractivity contribution in [1.29, 1.82) is 0 Å². The van der Waals surface area contributed by atoms with Gasteiger partial charge in [-0.05, 0) is 56.9 Å². The molecule has 0 aliphatic carbocycles. The van der Waals surface area contributed by atoms with Crippen LogP contribution < -0.4 is 4.90 Å².